The van der Waals surface area contributed by atoms with Crippen molar-refractivity contribution in [1.29, 1.82) is 0 Å². The van der Waals surface area contributed by atoms with Gasteiger partial charge < -0.3 is 10.2 Å². The summed E-state index contributed by atoms with van der Waals surface area (Å²) in [6, 6.07) is 17.7. The maximum atomic E-state index is 14.5. The maximum absolute atomic E-state index is 14.5. The standard InChI is InChI=1S/C35H32Cl2FN9O3/c1-20(32(49)45-13-3-4-24(19-45)30-41-43-44-42-30)40-31(48)29-18-39-34-46(28-15-25(36)14-26(37)16-28)33(50)35(2,47(29)34)17-21-5-7-22(8-6-21)23-9-11-27(38)12-10-23/h5-12,14-16,18,20,24H,3-4,13,17,19H2,1-2H3,(H,40,48)(H,41,42,43,44)/t20-,24+,35+/m0/s1. The molecule has 0 saturated carbocycles. The van der Waals surface area contributed by atoms with Crippen molar-refractivity contribution in [1.82, 2.24) is 40.4 Å². The quantitative estimate of drug-likeness (QED) is 0.211. The summed E-state index contributed by atoms with van der Waals surface area (Å²) in [6.07, 6.45) is 3.20. The second-order valence-corrected chi connectivity index (χ2v) is 13.7. The highest BCUT2D eigenvalue weighted by Gasteiger charge is 2.51. The van der Waals surface area contributed by atoms with E-state index in [1.54, 1.807) is 53.6 Å². The fourth-order valence-corrected chi connectivity index (χ4v) is 7.35. The predicted octanol–water partition coefficient (Wildman–Crippen LogP) is 5.67. The zero-order valence-corrected chi connectivity index (χ0v) is 28.6. The number of nitrogens with zero attached hydrogens (tertiary/aromatic N) is 7. The van der Waals surface area contributed by atoms with E-state index in [1.165, 1.54) is 23.2 Å². The summed E-state index contributed by atoms with van der Waals surface area (Å²) >= 11 is 12.7. The number of H-pyrrole nitrogens is 1. The Labute approximate surface area is 296 Å². The van der Waals surface area contributed by atoms with Crippen LogP contribution < -0.4 is 10.2 Å². The number of carbonyl (C=O) groups is 3. The lowest BCUT2D eigenvalue weighted by Crippen LogP contribution is -2.50. The molecule has 3 amide bonds. The summed E-state index contributed by atoms with van der Waals surface area (Å²) in [5.74, 6) is -0.677. The average Bonchev–Trinajstić information content (AvgIpc) is 3.84. The van der Waals surface area contributed by atoms with Crippen LogP contribution in [0.2, 0.25) is 10.0 Å². The van der Waals surface area contributed by atoms with Crippen LogP contribution in [0.5, 0.6) is 0 Å². The molecule has 2 aromatic heterocycles. The van der Waals surface area contributed by atoms with Gasteiger partial charge >= 0.3 is 0 Å². The first kappa shape index (κ1) is 33.4. The lowest BCUT2D eigenvalue weighted by molar-refractivity contribution is -0.134. The Bertz CT molecular complexity index is 2050. The number of halogens is 3. The first-order chi connectivity index (χ1) is 24.0. The molecule has 5 aromatic rings. The normalized spacial score (nSPS) is 19.4. The summed E-state index contributed by atoms with van der Waals surface area (Å²) in [5, 5.41) is 17.6. The highest BCUT2D eigenvalue weighted by atomic mass is 35.5. The molecule has 4 heterocycles. The molecule has 3 aromatic carbocycles. The van der Waals surface area contributed by atoms with Crippen molar-refractivity contribution in [3.63, 3.8) is 0 Å². The number of hydrogen-bond donors (Lipinski definition) is 2. The van der Waals surface area contributed by atoms with Gasteiger partial charge in [0.15, 0.2) is 5.82 Å². The van der Waals surface area contributed by atoms with Crippen molar-refractivity contribution in [2.45, 2.75) is 50.6 Å². The fraction of sp³-hybridized carbons (Fsp3) is 0.286. The molecule has 0 unspecified atom stereocenters. The molecule has 256 valence electrons. The van der Waals surface area contributed by atoms with Crippen molar-refractivity contribution in [3.05, 3.63) is 106 Å². The molecule has 1 fully saturated rings. The number of fused-ring (bicyclic) bond motifs is 1. The van der Waals surface area contributed by atoms with Gasteiger partial charge in [-0.05, 0) is 84.1 Å². The van der Waals surface area contributed by atoms with Crippen LogP contribution in [0.1, 0.15) is 54.5 Å². The number of piperidine rings is 1. The number of imidazole rings is 1. The largest absolute Gasteiger partial charge is 0.340 e. The number of carbonyl (C=O) groups excluding carboxylic acids is 3. The van der Waals surface area contributed by atoms with Gasteiger partial charge in [0.05, 0.1) is 11.9 Å². The summed E-state index contributed by atoms with van der Waals surface area (Å²) in [7, 11) is 0. The molecular weight excluding hydrogens is 684 g/mol. The van der Waals surface area contributed by atoms with Gasteiger partial charge in [-0.1, -0.05) is 59.6 Å². The molecule has 0 spiro atoms. The molecule has 0 radical (unpaired) electrons. The Morgan fingerprint density at radius 2 is 1.74 bits per heavy atom. The lowest BCUT2D eigenvalue weighted by Gasteiger charge is -2.33. The third-order valence-electron chi connectivity index (χ3n) is 9.32. The minimum absolute atomic E-state index is 0.0360. The smallest absolute Gasteiger partial charge is 0.270 e. The van der Waals surface area contributed by atoms with Crippen LogP contribution in [-0.2, 0) is 21.5 Å². The van der Waals surface area contributed by atoms with Crippen LogP contribution in [0.15, 0.2) is 72.9 Å². The number of tetrazole rings is 1. The maximum Gasteiger partial charge on any atom is 0.270 e. The molecule has 12 nitrogen and oxygen atoms in total. The minimum atomic E-state index is -1.32. The van der Waals surface area contributed by atoms with E-state index < -0.39 is 17.5 Å². The fourth-order valence-electron chi connectivity index (χ4n) is 6.83. The zero-order chi connectivity index (χ0) is 35.2. The van der Waals surface area contributed by atoms with E-state index in [9.17, 15) is 18.8 Å². The summed E-state index contributed by atoms with van der Waals surface area (Å²) in [5.41, 5.74) is 1.73. The number of likely N-dealkylation sites (tertiary alicyclic amines) is 1. The van der Waals surface area contributed by atoms with Crippen LogP contribution in [0.25, 0.3) is 11.1 Å². The van der Waals surface area contributed by atoms with E-state index in [0.717, 1.165) is 29.5 Å². The molecule has 50 heavy (non-hydrogen) atoms. The van der Waals surface area contributed by atoms with E-state index in [1.807, 2.05) is 24.3 Å². The van der Waals surface area contributed by atoms with E-state index in [4.69, 9.17) is 23.2 Å². The molecular formula is C35H32Cl2FN9O3. The Kier molecular flexibility index (Phi) is 8.87. The number of benzene rings is 3. The van der Waals surface area contributed by atoms with Crippen LogP contribution >= 0.6 is 23.2 Å². The Hall–Kier alpha value is -5.14. The Balaban J connectivity index is 1.18. The van der Waals surface area contributed by atoms with Gasteiger partial charge in [0.25, 0.3) is 11.8 Å². The van der Waals surface area contributed by atoms with Gasteiger partial charge in [-0.25, -0.2) is 19.4 Å². The van der Waals surface area contributed by atoms with Gasteiger partial charge in [0.2, 0.25) is 11.9 Å². The van der Waals surface area contributed by atoms with Crippen molar-refractivity contribution in [2.24, 2.45) is 0 Å². The second-order valence-electron chi connectivity index (χ2n) is 12.8. The molecule has 0 bridgehead atoms. The second kappa shape index (κ2) is 13.3. The van der Waals surface area contributed by atoms with Crippen molar-refractivity contribution < 1.29 is 18.8 Å². The summed E-state index contributed by atoms with van der Waals surface area (Å²) in [4.78, 5) is 49.6. The predicted molar refractivity (Wildman–Crippen MR) is 185 cm³/mol. The minimum Gasteiger partial charge on any atom is -0.340 e. The zero-order valence-electron chi connectivity index (χ0n) is 27.1. The summed E-state index contributed by atoms with van der Waals surface area (Å²) < 4.78 is 15.1. The Morgan fingerprint density at radius 1 is 1.06 bits per heavy atom. The number of amides is 3. The van der Waals surface area contributed by atoms with E-state index >= 15 is 0 Å². The van der Waals surface area contributed by atoms with Crippen LogP contribution in [-0.4, -0.2) is 71.9 Å². The lowest BCUT2D eigenvalue weighted by atomic mass is 9.90. The van der Waals surface area contributed by atoms with Gasteiger partial charge in [-0.15, -0.1) is 5.10 Å². The number of anilines is 2. The van der Waals surface area contributed by atoms with Gasteiger partial charge in [0.1, 0.15) is 23.1 Å². The van der Waals surface area contributed by atoms with Gasteiger partial charge in [0, 0.05) is 35.5 Å². The van der Waals surface area contributed by atoms with Gasteiger partial charge in [-0.3, -0.25) is 19.0 Å². The van der Waals surface area contributed by atoms with Crippen LogP contribution in [0.3, 0.4) is 0 Å². The number of rotatable bonds is 8. The number of aromatic nitrogens is 6. The molecule has 2 aliphatic rings. The first-order valence-corrected chi connectivity index (χ1v) is 16.8. The number of hydrogen-bond acceptors (Lipinski definition) is 7. The van der Waals surface area contributed by atoms with Crippen molar-refractivity contribution in [2.75, 3.05) is 18.0 Å². The van der Waals surface area contributed by atoms with Crippen LogP contribution in [0, 0.1) is 5.82 Å². The van der Waals surface area contributed by atoms with Crippen molar-refractivity contribution in [3.8, 4) is 11.1 Å². The monoisotopic (exact) mass is 715 g/mol. The molecule has 3 atom stereocenters. The Morgan fingerprint density at radius 3 is 2.40 bits per heavy atom. The molecule has 7 rings (SSSR count). The molecule has 2 N–H and O–H groups in total. The SMILES string of the molecule is C[C@H](NC(=O)c1cnc2n1[C@](C)(Cc1ccc(-c3ccc(F)cc3)cc1)C(=O)N2c1cc(Cl)cc(Cl)c1)C(=O)N1CCC[C@@H](c2nnn[nH]2)C1. The highest BCUT2D eigenvalue weighted by molar-refractivity contribution is 6.35. The molecule has 1 saturated heterocycles. The number of aromatic amines is 1. The van der Waals surface area contributed by atoms with E-state index in [0.29, 0.717) is 34.6 Å². The third kappa shape index (κ3) is 6.22. The summed E-state index contributed by atoms with van der Waals surface area (Å²) in [6.45, 7) is 4.34. The molecule has 15 heteroatoms. The molecule has 0 aliphatic carbocycles. The first-order valence-electron chi connectivity index (χ1n) is 16.1. The van der Waals surface area contributed by atoms with E-state index in [2.05, 4.69) is 30.9 Å². The van der Waals surface area contributed by atoms with E-state index in [-0.39, 0.29) is 41.6 Å². The molecule has 2 aliphatic heterocycles. The van der Waals surface area contributed by atoms with Gasteiger partial charge in [-0.2, -0.15) is 0 Å². The number of nitrogens with one attached hydrogen (secondary N) is 2. The average molecular weight is 717 g/mol. The highest BCUT2D eigenvalue weighted by Crippen LogP contribution is 2.43. The topological polar surface area (TPSA) is 142 Å². The van der Waals surface area contributed by atoms with Crippen LogP contribution in [0.4, 0.5) is 16.0 Å². The van der Waals surface area contributed by atoms with Crippen molar-refractivity contribution >= 4 is 52.6 Å². The third-order valence-corrected chi connectivity index (χ3v) is 9.75.